The normalized spacial score (nSPS) is 10.6. The Balaban J connectivity index is 2.26. The van der Waals surface area contributed by atoms with Crippen LogP contribution in [0.5, 0.6) is 11.5 Å². The summed E-state index contributed by atoms with van der Waals surface area (Å²) in [5.41, 5.74) is 1.83. The zero-order valence-electron chi connectivity index (χ0n) is 10.5. The van der Waals surface area contributed by atoms with Gasteiger partial charge in [-0.15, -0.1) is 0 Å². The number of ether oxygens (including phenoxy) is 2. The van der Waals surface area contributed by atoms with Gasteiger partial charge in [0.15, 0.2) is 0 Å². The van der Waals surface area contributed by atoms with E-state index in [9.17, 15) is 0 Å². The minimum absolute atomic E-state index is 0.744. The maximum absolute atomic E-state index is 5.30. The van der Waals surface area contributed by atoms with Gasteiger partial charge in [0.05, 0.1) is 19.9 Å². The summed E-state index contributed by atoms with van der Waals surface area (Å²) in [7, 11) is 3.27. The summed E-state index contributed by atoms with van der Waals surface area (Å²) in [6.07, 6.45) is 1.79. The Morgan fingerprint density at radius 2 is 1.72 bits per heavy atom. The molecule has 0 N–H and O–H groups in total. The Hall–Kier alpha value is -2.29. The molecule has 0 bridgehead atoms. The molecule has 0 aliphatic carbocycles. The van der Waals surface area contributed by atoms with Crippen LogP contribution in [0, 0.1) is 0 Å². The first-order chi connectivity index (χ1) is 8.83. The van der Waals surface area contributed by atoms with Gasteiger partial charge < -0.3 is 9.47 Å². The van der Waals surface area contributed by atoms with Gasteiger partial charge in [0.2, 0.25) is 0 Å². The number of hydrogen-bond acceptors (Lipinski definition) is 3. The highest BCUT2D eigenvalue weighted by Gasteiger charge is 2.02. The molecule has 0 spiro atoms. The van der Waals surface area contributed by atoms with Crippen LogP contribution in [-0.4, -0.2) is 20.4 Å². The Morgan fingerprint density at radius 1 is 0.944 bits per heavy atom. The van der Waals surface area contributed by atoms with E-state index in [1.807, 2.05) is 48.5 Å². The van der Waals surface area contributed by atoms with Gasteiger partial charge in [0.1, 0.15) is 11.5 Å². The van der Waals surface area contributed by atoms with E-state index in [0.29, 0.717) is 0 Å². The fourth-order valence-electron chi connectivity index (χ4n) is 1.58. The van der Waals surface area contributed by atoms with Gasteiger partial charge in [-0.05, 0) is 24.3 Å². The number of benzene rings is 2. The summed E-state index contributed by atoms with van der Waals surface area (Å²) in [6, 6.07) is 15.4. The molecule has 0 radical (unpaired) electrons. The maximum atomic E-state index is 5.30. The molecule has 3 nitrogen and oxygen atoms in total. The number of aliphatic imine (C=N–C) groups is 1. The fraction of sp³-hybridized carbons (Fsp3) is 0.133. The van der Waals surface area contributed by atoms with Crippen LogP contribution < -0.4 is 9.47 Å². The van der Waals surface area contributed by atoms with Crippen molar-refractivity contribution in [2.24, 2.45) is 4.99 Å². The minimum atomic E-state index is 0.744. The van der Waals surface area contributed by atoms with Crippen molar-refractivity contribution >= 4 is 11.9 Å². The summed E-state index contributed by atoms with van der Waals surface area (Å²) in [6.45, 7) is 0. The standard InChI is InChI=1S/C15H15NO2/c1-17-14-9-8-12(15(10-14)18-2)11-16-13-6-4-3-5-7-13/h3-11H,1-2H3. The molecule has 92 valence electrons. The molecular formula is C15H15NO2. The third-order valence-electron chi connectivity index (χ3n) is 2.55. The summed E-state index contributed by atoms with van der Waals surface area (Å²) in [5.74, 6) is 1.51. The highest BCUT2D eigenvalue weighted by Crippen LogP contribution is 2.23. The Kier molecular flexibility index (Phi) is 3.97. The lowest BCUT2D eigenvalue weighted by atomic mass is 10.2. The molecule has 0 saturated heterocycles. The maximum Gasteiger partial charge on any atom is 0.131 e. The Bertz CT molecular complexity index is 535. The summed E-state index contributed by atoms with van der Waals surface area (Å²) in [5, 5.41) is 0. The lowest BCUT2D eigenvalue weighted by Gasteiger charge is -2.06. The number of nitrogens with zero attached hydrogens (tertiary/aromatic N) is 1. The molecule has 0 saturated carbocycles. The molecule has 0 atom stereocenters. The van der Waals surface area contributed by atoms with Gasteiger partial charge in [0.25, 0.3) is 0 Å². The first kappa shape index (κ1) is 12.2. The van der Waals surface area contributed by atoms with Crippen LogP contribution >= 0.6 is 0 Å². The fourth-order valence-corrected chi connectivity index (χ4v) is 1.58. The van der Waals surface area contributed by atoms with Gasteiger partial charge in [-0.2, -0.15) is 0 Å². The average molecular weight is 241 g/mol. The molecule has 2 aromatic carbocycles. The van der Waals surface area contributed by atoms with Crippen molar-refractivity contribution in [3.05, 3.63) is 54.1 Å². The van der Waals surface area contributed by atoms with Gasteiger partial charge in [-0.3, -0.25) is 4.99 Å². The van der Waals surface area contributed by atoms with Gasteiger partial charge in [0, 0.05) is 17.8 Å². The summed E-state index contributed by atoms with van der Waals surface area (Å²) in [4.78, 5) is 4.39. The highest BCUT2D eigenvalue weighted by atomic mass is 16.5. The Labute approximate surface area is 107 Å². The lowest BCUT2D eigenvalue weighted by molar-refractivity contribution is 0.394. The average Bonchev–Trinajstić information content (AvgIpc) is 2.46. The van der Waals surface area contributed by atoms with E-state index >= 15 is 0 Å². The third kappa shape index (κ3) is 2.88. The van der Waals surface area contributed by atoms with Crippen molar-refractivity contribution in [3.8, 4) is 11.5 Å². The van der Waals surface area contributed by atoms with E-state index in [0.717, 1.165) is 22.7 Å². The molecule has 3 heteroatoms. The van der Waals surface area contributed by atoms with Gasteiger partial charge in [-0.1, -0.05) is 18.2 Å². The van der Waals surface area contributed by atoms with E-state index < -0.39 is 0 Å². The van der Waals surface area contributed by atoms with Crippen molar-refractivity contribution in [3.63, 3.8) is 0 Å². The predicted octanol–water partition coefficient (Wildman–Crippen LogP) is 3.45. The SMILES string of the molecule is COc1ccc(C=Nc2ccccc2)c(OC)c1. The zero-order valence-corrected chi connectivity index (χ0v) is 10.5. The molecule has 0 unspecified atom stereocenters. The first-order valence-corrected chi connectivity index (χ1v) is 5.64. The second-order valence-electron chi connectivity index (χ2n) is 3.70. The van der Waals surface area contributed by atoms with E-state index in [1.165, 1.54) is 0 Å². The highest BCUT2D eigenvalue weighted by molar-refractivity contribution is 5.85. The quantitative estimate of drug-likeness (QED) is 0.767. The van der Waals surface area contributed by atoms with Crippen LogP contribution in [0.4, 0.5) is 5.69 Å². The smallest absolute Gasteiger partial charge is 0.131 e. The molecule has 2 aromatic rings. The van der Waals surface area contributed by atoms with Crippen molar-refractivity contribution in [1.29, 1.82) is 0 Å². The largest absolute Gasteiger partial charge is 0.497 e. The monoisotopic (exact) mass is 241 g/mol. The van der Waals surface area contributed by atoms with Crippen LogP contribution in [0.2, 0.25) is 0 Å². The van der Waals surface area contributed by atoms with Gasteiger partial charge >= 0.3 is 0 Å². The van der Waals surface area contributed by atoms with E-state index in [2.05, 4.69) is 4.99 Å². The van der Waals surface area contributed by atoms with E-state index in [4.69, 9.17) is 9.47 Å². The molecule has 0 amide bonds. The van der Waals surface area contributed by atoms with Crippen molar-refractivity contribution in [1.82, 2.24) is 0 Å². The second-order valence-corrected chi connectivity index (χ2v) is 3.70. The molecule has 0 aliphatic heterocycles. The molecular weight excluding hydrogens is 226 g/mol. The minimum Gasteiger partial charge on any atom is -0.497 e. The zero-order chi connectivity index (χ0) is 12.8. The second kappa shape index (κ2) is 5.87. The number of methoxy groups -OCH3 is 2. The molecule has 0 aliphatic rings. The van der Waals surface area contributed by atoms with Crippen LogP contribution in [0.1, 0.15) is 5.56 Å². The molecule has 18 heavy (non-hydrogen) atoms. The van der Waals surface area contributed by atoms with Gasteiger partial charge in [-0.25, -0.2) is 0 Å². The van der Waals surface area contributed by atoms with Crippen molar-refractivity contribution in [2.75, 3.05) is 14.2 Å². The molecule has 0 fully saturated rings. The summed E-state index contributed by atoms with van der Waals surface area (Å²) < 4.78 is 10.5. The molecule has 2 rings (SSSR count). The van der Waals surface area contributed by atoms with Crippen LogP contribution in [0.15, 0.2) is 53.5 Å². The number of rotatable bonds is 4. The topological polar surface area (TPSA) is 30.8 Å². The predicted molar refractivity (Wildman–Crippen MR) is 73.2 cm³/mol. The lowest BCUT2D eigenvalue weighted by Crippen LogP contribution is -1.92. The molecule has 0 heterocycles. The van der Waals surface area contributed by atoms with Crippen molar-refractivity contribution in [2.45, 2.75) is 0 Å². The third-order valence-corrected chi connectivity index (χ3v) is 2.55. The van der Waals surface area contributed by atoms with Crippen LogP contribution in [0.25, 0.3) is 0 Å². The number of para-hydroxylation sites is 1. The van der Waals surface area contributed by atoms with E-state index in [-0.39, 0.29) is 0 Å². The summed E-state index contributed by atoms with van der Waals surface area (Å²) >= 11 is 0. The first-order valence-electron chi connectivity index (χ1n) is 5.64. The van der Waals surface area contributed by atoms with Crippen LogP contribution in [-0.2, 0) is 0 Å². The van der Waals surface area contributed by atoms with Crippen LogP contribution in [0.3, 0.4) is 0 Å². The van der Waals surface area contributed by atoms with Crippen molar-refractivity contribution < 1.29 is 9.47 Å². The number of hydrogen-bond donors (Lipinski definition) is 0. The Morgan fingerprint density at radius 3 is 2.39 bits per heavy atom. The molecule has 0 aromatic heterocycles. The van der Waals surface area contributed by atoms with E-state index in [1.54, 1.807) is 20.4 Å².